The number of esters is 1. The Hall–Kier alpha value is -3.42. The Kier molecular flexibility index (Phi) is 5.28. The fraction of sp³-hybridized carbons (Fsp3) is 0.391. The lowest BCUT2D eigenvalue weighted by Crippen LogP contribution is -2.31. The van der Waals surface area contributed by atoms with Gasteiger partial charge in [-0.1, -0.05) is 30.3 Å². The Labute approximate surface area is 180 Å². The second-order valence-electron chi connectivity index (χ2n) is 7.89. The zero-order valence-electron chi connectivity index (χ0n) is 17.5. The van der Waals surface area contributed by atoms with Crippen molar-refractivity contribution in [3.63, 3.8) is 0 Å². The van der Waals surface area contributed by atoms with Gasteiger partial charge in [0.2, 0.25) is 5.90 Å². The van der Waals surface area contributed by atoms with Crippen LogP contribution in [0.3, 0.4) is 0 Å². The number of carbonyl (C=O) groups is 1. The first-order valence-corrected chi connectivity index (χ1v) is 10.7. The third-order valence-corrected chi connectivity index (χ3v) is 5.71. The molecular weight excluding hydrogens is 394 g/mol. The summed E-state index contributed by atoms with van der Waals surface area (Å²) in [7, 11) is 0. The number of ether oxygens (including phenoxy) is 2. The van der Waals surface area contributed by atoms with Gasteiger partial charge in [0.05, 0.1) is 41.9 Å². The number of hydrogen-bond acceptors (Lipinski definition) is 7. The normalized spacial score (nSPS) is 20.9. The number of fused-ring (bicyclic) bond motifs is 1. The maximum absolute atomic E-state index is 11.8. The van der Waals surface area contributed by atoms with Crippen LogP contribution in [0.25, 0.3) is 11.0 Å². The summed E-state index contributed by atoms with van der Waals surface area (Å²) in [5.41, 5.74) is 3.70. The summed E-state index contributed by atoms with van der Waals surface area (Å²) in [5, 5.41) is 8.91. The third kappa shape index (κ3) is 3.97. The zero-order valence-corrected chi connectivity index (χ0v) is 17.5. The topological polar surface area (TPSA) is 90.6 Å². The van der Waals surface area contributed by atoms with Crippen LogP contribution in [0.4, 0.5) is 5.69 Å². The summed E-state index contributed by atoms with van der Waals surface area (Å²) in [5.74, 6) is 0.401. The molecule has 160 valence electrons. The molecule has 0 saturated carbocycles. The molecule has 2 aromatic heterocycles. The lowest BCUT2D eigenvalue weighted by atomic mass is 10.1. The molecule has 0 radical (unpaired) electrons. The zero-order chi connectivity index (χ0) is 21.2. The molecule has 1 fully saturated rings. The average Bonchev–Trinajstić information content (AvgIpc) is 3.42. The molecule has 4 heterocycles. The van der Waals surface area contributed by atoms with Gasteiger partial charge in [0, 0.05) is 25.2 Å². The van der Waals surface area contributed by atoms with Gasteiger partial charge < -0.3 is 14.8 Å². The number of cyclic esters (lactones) is 1. The predicted molar refractivity (Wildman–Crippen MR) is 117 cm³/mol. The van der Waals surface area contributed by atoms with E-state index in [0.717, 1.165) is 41.7 Å². The minimum absolute atomic E-state index is 0.0160. The molecule has 2 atom stereocenters. The van der Waals surface area contributed by atoms with Gasteiger partial charge in [-0.2, -0.15) is 5.10 Å². The number of anilines is 1. The van der Waals surface area contributed by atoms with Crippen LogP contribution in [0.5, 0.6) is 0 Å². The molecule has 3 aromatic rings. The summed E-state index contributed by atoms with van der Waals surface area (Å²) < 4.78 is 13.0. The number of pyridine rings is 1. The van der Waals surface area contributed by atoms with E-state index in [2.05, 4.69) is 27.5 Å². The molecule has 0 bridgehead atoms. The van der Waals surface area contributed by atoms with Gasteiger partial charge in [-0.15, -0.1) is 0 Å². The highest BCUT2D eigenvalue weighted by Gasteiger charge is 2.27. The highest BCUT2D eigenvalue weighted by atomic mass is 16.5. The summed E-state index contributed by atoms with van der Waals surface area (Å²) >= 11 is 0. The molecule has 8 heteroatoms. The monoisotopic (exact) mass is 419 g/mol. The van der Waals surface area contributed by atoms with Gasteiger partial charge in [-0.3, -0.25) is 4.79 Å². The average molecular weight is 419 g/mol. The number of rotatable bonds is 6. The molecule has 2 aliphatic heterocycles. The standard InChI is InChI=1S/C23H25N5O3/c1-2-28-22-18(13-25-28)21(26-16-8-9-30-20(29)11-16)19(12-24-22)23-27-17(14-31-23)10-15-6-4-3-5-7-15/h3-7,12-13,16-17H,2,8-11,14H2,1H3,(H,24,26)/t16?,17-/m1/s1. The van der Waals surface area contributed by atoms with Crippen LogP contribution >= 0.6 is 0 Å². The van der Waals surface area contributed by atoms with Crippen molar-refractivity contribution in [1.82, 2.24) is 14.8 Å². The SMILES string of the molecule is CCn1ncc2c(NC3CCOC(=O)C3)c(C3=N[C@H](Cc4ccccc4)CO3)cnc21. The van der Waals surface area contributed by atoms with Crippen LogP contribution < -0.4 is 5.32 Å². The van der Waals surface area contributed by atoms with Crippen molar-refractivity contribution in [3.8, 4) is 0 Å². The molecule has 0 spiro atoms. The number of nitrogens with one attached hydrogen (secondary N) is 1. The summed E-state index contributed by atoms with van der Waals surface area (Å²) in [4.78, 5) is 21.3. The molecule has 1 aromatic carbocycles. The molecule has 2 aliphatic rings. The van der Waals surface area contributed by atoms with Gasteiger partial charge in [0.15, 0.2) is 5.65 Å². The van der Waals surface area contributed by atoms with Gasteiger partial charge in [-0.05, 0) is 18.9 Å². The van der Waals surface area contributed by atoms with E-state index >= 15 is 0 Å². The first-order valence-electron chi connectivity index (χ1n) is 10.7. The number of aromatic nitrogens is 3. The summed E-state index contributed by atoms with van der Waals surface area (Å²) in [6, 6.07) is 10.3. The van der Waals surface area contributed by atoms with Crippen molar-refractivity contribution < 1.29 is 14.3 Å². The van der Waals surface area contributed by atoms with Crippen molar-refractivity contribution in [3.05, 3.63) is 53.9 Å². The fourth-order valence-corrected chi connectivity index (χ4v) is 4.13. The quantitative estimate of drug-likeness (QED) is 0.618. The minimum Gasteiger partial charge on any atom is -0.475 e. The number of aliphatic imine (C=N–C) groups is 1. The van der Waals surface area contributed by atoms with Gasteiger partial charge >= 0.3 is 5.97 Å². The van der Waals surface area contributed by atoms with Crippen LogP contribution in [0, 0.1) is 0 Å². The molecule has 0 amide bonds. The molecule has 8 nitrogen and oxygen atoms in total. The van der Waals surface area contributed by atoms with Crippen LogP contribution in [-0.4, -0.2) is 51.9 Å². The van der Waals surface area contributed by atoms with Crippen molar-refractivity contribution in [2.75, 3.05) is 18.5 Å². The van der Waals surface area contributed by atoms with E-state index in [1.165, 1.54) is 5.56 Å². The maximum Gasteiger partial charge on any atom is 0.307 e. The molecule has 1 N–H and O–H groups in total. The first-order chi connectivity index (χ1) is 15.2. The van der Waals surface area contributed by atoms with Crippen molar-refractivity contribution >= 4 is 28.6 Å². The smallest absolute Gasteiger partial charge is 0.307 e. The van der Waals surface area contributed by atoms with E-state index in [-0.39, 0.29) is 18.1 Å². The van der Waals surface area contributed by atoms with Crippen LogP contribution in [-0.2, 0) is 27.2 Å². The Morgan fingerprint density at radius 2 is 2.06 bits per heavy atom. The number of nitrogens with zero attached hydrogens (tertiary/aromatic N) is 4. The minimum atomic E-state index is -0.183. The van der Waals surface area contributed by atoms with Crippen molar-refractivity contribution in [2.45, 2.75) is 44.8 Å². The largest absolute Gasteiger partial charge is 0.475 e. The van der Waals surface area contributed by atoms with E-state index in [1.807, 2.05) is 36.0 Å². The molecule has 31 heavy (non-hydrogen) atoms. The highest BCUT2D eigenvalue weighted by Crippen LogP contribution is 2.30. The van der Waals surface area contributed by atoms with Gasteiger partial charge in [-0.25, -0.2) is 14.7 Å². The number of carbonyl (C=O) groups excluding carboxylic acids is 1. The Morgan fingerprint density at radius 1 is 1.19 bits per heavy atom. The second-order valence-corrected chi connectivity index (χ2v) is 7.89. The molecular formula is C23H25N5O3. The maximum atomic E-state index is 11.8. The Bertz CT molecular complexity index is 1120. The first kappa shape index (κ1) is 19.5. The summed E-state index contributed by atoms with van der Waals surface area (Å²) in [6.45, 7) is 3.71. The van der Waals surface area contributed by atoms with E-state index in [1.54, 1.807) is 6.20 Å². The van der Waals surface area contributed by atoms with E-state index in [4.69, 9.17) is 14.5 Å². The summed E-state index contributed by atoms with van der Waals surface area (Å²) in [6.07, 6.45) is 5.51. The van der Waals surface area contributed by atoms with Crippen molar-refractivity contribution in [1.29, 1.82) is 0 Å². The van der Waals surface area contributed by atoms with E-state index in [0.29, 0.717) is 25.5 Å². The fourth-order valence-electron chi connectivity index (χ4n) is 4.13. The Morgan fingerprint density at radius 3 is 2.87 bits per heavy atom. The highest BCUT2D eigenvalue weighted by molar-refractivity contribution is 6.07. The van der Waals surface area contributed by atoms with Crippen molar-refractivity contribution in [2.24, 2.45) is 4.99 Å². The number of hydrogen-bond donors (Lipinski definition) is 1. The lowest BCUT2D eigenvalue weighted by Gasteiger charge is -2.24. The van der Waals surface area contributed by atoms with E-state index < -0.39 is 0 Å². The second kappa shape index (κ2) is 8.37. The molecule has 5 rings (SSSR count). The lowest BCUT2D eigenvalue weighted by molar-refractivity contribution is -0.147. The predicted octanol–water partition coefficient (Wildman–Crippen LogP) is 2.96. The van der Waals surface area contributed by atoms with Gasteiger partial charge in [0.25, 0.3) is 0 Å². The third-order valence-electron chi connectivity index (χ3n) is 5.71. The van der Waals surface area contributed by atoms with Gasteiger partial charge in [0.1, 0.15) is 6.61 Å². The van der Waals surface area contributed by atoms with Crippen LogP contribution in [0.2, 0.25) is 0 Å². The Balaban J connectivity index is 1.48. The number of aryl methyl sites for hydroxylation is 1. The molecule has 1 saturated heterocycles. The molecule has 0 aliphatic carbocycles. The van der Waals surface area contributed by atoms with E-state index in [9.17, 15) is 4.79 Å². The molecule has 1 unspecified atom stereocenters. The van der Waals surface area contributed by atoms with Crippen LogP contribution in [0.1, 0.15) is 30.9 Å². The number of benzene rings is 1. The van der Waals surface area contributed by atoms with Crippen LogP contribution in [0.15, 0.2) is 47.7 Å².